The molecule has 1 aromatic rings. The van der Waals surface area contributed by atoms with Crippen molar-refractivity contribution in [3.05, 3.63) is 27.2 Å². The second-order valence-electron chi connectivity index (χ2n) is 7.09. The predicted octanol–water partition coefficient (Wildman–Crippen LogP) is 1.60. The number of likely N-dealkylation sites (N-methyl/N-ethyl adjacent to an activating group) is 1. The van der Waals surface area contributed by atoms with Crippen molar-refractivity contribution in [1.82, 2.24) is 20.4 Å². The maximum absolute atomic E-state index is 12.5. The number of hydrogen-bond donors (Lipinski definition) is 2. The Balaban J connectivity index is 0.00000225. The van der Waals surface area contributed by atoms with Gasteiger partial charge in [0.05, 0.1) is 12.1 Å². The molecule has 6 nitrogen and oxygen atoms in total. The number of aromatic nitrogens is 2. The fourth-order valence-corrected chi connectivity index (χ4v) is 3.51. The van der Waals surface area contributed by atoms with E-state index in [4.69, 9.17) is 0 Å². The normalized spacial score (nSPS) is 16.5. The van der Waals surface area contributed by atoms with E-state index >= 15 is 0 Å². The van der Waals surface area contributed by atoms with E-state index in [1.54, 1.807) is 4.90 Å². The lowest BCUT2D eigenvalue weighted by Crippen LogP contribution is -2.37. The molecule has 25 heavy (non-hydrogen) atoms. The molecule has 2 N–H and O–H groups in total. The minimum Gasteiger partial charge on any atom is -0.345 e. The Morgan fingerprint density at radius 2 is 1.96 bits per heavy atom. The Morgan fingerprint density at radius 1 is 1.24 bits per heavy atom. The van der Waals surface area contributed by atoms with Crippen LogP contribution in [-0.2, 0) is 24.1 Å². The third kappa shape index (κ3) is 5.05. The number of carbonyl (C=O) groups is 1. The molecule has 0 bridgehead atoms. The van der Waals surface area contributed by atoms with Crippen LogP contribution in [0.25, 0.3) is 0 Å². The Bertz CT molecular complexity index is 642. The smallest absolute Gasteiger partial charge is 0.267 e. The highest BCUT2D eigenvalue weighted by Gasteiger charge is 2.21. The van der Waals surface area contributed by atoms with E-state index in [-0.39, 0.29) is 30.3 Å². The van der Waals surface area contributed by atoms with E-state index in [1.807, 2.05) is 7.05 Å². The first-order valence-corrected chi connectivity index (χ1v) is 9.22. The summed E-state index contributed by atoms with van der Waals surface area (Å²) in [5, 5.41) is 10.2. The standard InChI is InChI=1S/C18H28N4O2.ClH/c1-22(11-5-10-19-13-6-4-7-13)17(23)12-16-14-8-2-3-9-15(14)18(24)21-20-16;/h13,19H,2-12H2,1H3,(H,21,24);1H. The quantitative estimate of drug-likeness (QED) is 0.717. The third-order valence-electron chi connectivity index (χ3n) is 5.34. The lowest BCUT2D eigenvalue weighted by molar-refractivity contribution is -0.129. The van der Waals surface area contributed by atoms with Crippen molar-refractivity contribution in [3.8, 4) is 0 Å². The first kappa shape index (κ1) is 19.9. The summed E-state index contributed by atoms with van der Waals surface area (Å²) in [7, 11) is 1.85. The third-order valence-corrected chi connectivity index (χ3v) is 5.34. The molecule has 0 unspecified atom stereocenters. The van der Waals surface area contributed by atoms with E-state index < -0.39 is 0 Å². The van der Waals surface area contributed by atoms with Gasteiger partial charge in [-0.25, -0.2) is 5.10 Å². The maximum atomic E-state index is 12.5. The van der Waals surface area contributed by atoms with Gasteiger partial charge in [-0.15, -0.1) is 12.4 Å². The summed E-state index contributed by atoms with van der Waals surface area (Å²) < 4.78 is 0. The molecule has 0 spiro atoms. The van der Waals surface area contributed by atoms with E-state index in [2.05, 4.69) is 15.5 Å². The minimum atomic E-state index is -0.0867. The van der Waals surface area contributed by atoms with Gasteiger partial charge >= 0.3 is 0 Å². The van der Waals surface area contributed by atoms with Crippen molar-refractivity contribution in [2.75, 3.05) is 20.1 Å². The van der Waals surface area contributed by atoms with Crippen LogP contribution in [0.4, 0.5) is 0 Å². The molecule has 0 atom stereocenters. The lowest BCUT2D eigenvalue weighted by atomic mass is 9.91. The largest absolute Gasteiger partial charge is 0.345 e. The molecule has 7 heteroatoms. The van der Waals surface area contributed by atoms with Crippen molar-refractivity contribution < 1.29 is 4.79 Å². The van der Waals surface area contributed by atoms with Gasteiger partial charge in [-0.3, -0.25) is 9.59 Å². The molecule has 140 valence electrons. The second kappa shape index (κ2) is 9.34. The van der Waals surface area contributed by atoms with Gasteiger partial charge in [0.2, 0.25) is 5.91 Å². The maximum Gasteiger partial charge on any atom is 0.267 e. The fraction of sp³-hybridized carbons (Fsp3) is 0.722. The molecule has 2 aliphatic carbocycles. The second-order valence-corrected chi connectivity index (χ2v) is 7.09. The number of hydrogen-bond acceptors (Lipinski definition) is 4. The van der Waals surface area contributed by atoms with Crippen LogP contribution in [0.5, 0.6) is 0 Å². The number of rotatable bonds is 7. The molecule has 3 rings (SSSR count). The molecule has 0 aromatic carbocycles. The Morgan fingerprint density at radius 3 is 2.64 bits per heavy atom. The molecular weight excluding hydrogens is 340 g/mol. The van der Waals surface area contributed by atoms with Gasteiger partial charge < -0.3 is 10.2 Å². The van der Waals surface area contributed by atoms with Crippen molar-refractivity contribution in [2.24, 2.45) is 0 Å². The number of nitrogens with zero attached hydrogens (tertiary/aromatic N) is 2. The minimum absolute atomic E-state index is 0. The summed E-state index contributed by atoms with van der Waals surface area (Å²) in [5.41, 5.74) is 2.52. The molecule has 1 amide bonds. The first-order chi connectivity index (χ1) is 11.6. The predicted molar refractivity (Wildman–Crippen MR) is 100 cm³/mol. The molecule has 1 saturated carbocycles. The van der Waals surface area contributed by atoms with Crippen LogP contribution < -0.4 is 10.9 Å². The van der Waals surface area contributed by atoms with Crippen molar-refractivity contribution in [3.63, 3.8) is 0 Å². The molecular formula is C18H29ClN4O2. The molecule has 1 fully saturated rings. The summed E-state index contributed by atoms with van der Waals surface area (Å²) in [6.07, 6.45) is 8.95. The van der Waals surface area contributed by atoms with E-state index in [1.165, 1.54) is 19.3 Å². The average Bonchev–Trinajstić information content (AvgIpc) is 2.55. The van der Waals surface area contributed by atoms with Crippen molar-refractivity contribution in [1.29, 1.82) is 0 Å². The molecule has 1 aromatic heterocycles. The zero-order valence-electron chi connectivity index (χ0n) is 15.0. The molecule has 1 heterocycles. The van der Waals surface area contributed by atoms with Crippen LogP contribution in [0, 0.1) is 0 Å². The zero-order chi connectivity index (χ0) is 16.9. The first-order valence-electron chi connectivity index (χ1n) is 9.22. The molecule has 0 radical (unpaired) electrons. The van der Waals surface area contributed by atoms with Gasteiger partial charge in [0.15, 0.2) is 0 Å². The highest BCUT2D eigenvalue weighted by Crippen LogP contribution is 2.20. The fourth-order valence-electron chi connectivity index (χ4n) is 3.51. The van der Waals surface area contributed by atoms with Crippen LogP contribution >= 0.6 is 12.4 Å². The van der Waals surface area contributed by atoms with Crippen LogP contribution in [0.2, 0.25) is 0 Å². The SMILES string of the molecule is CN(CCCNC1CCC1)C(=O)Cc1n[nH]c(=O)c2c1CCCC2.Cl. The van der Waals surface area contributed by atoms with Gasteiger partial charge in [-0.1, -0.05) is 6.42 Å². The van der Waals surface area contributed by atoms with Crippen LogP contribution in [0.3, 0.4) is 0 Å². The zero-order valence-corrected chi connectivity index (χ0v) is 15.8. The van der Waals surface area contributed by atoms with Gasteiger partial charge in [0.1, 0.15) is 0 Å². The highest BCUT2D eigenvalue weighted by molar-refractivity contribution is 5.85. The Labute approximate surface area is 155 Å². The summed E-state index contributed by atoms with van der Waals surface area (Å²) in [4.78, 5) is 26.1. The van der Waals surface area contributed by atoms with Gasteiger partial charge in [0, 0.05) is 25.2 Å². The number of H-pyrrole nitrogens is 1. The lowest BCUT2D eigenvalue weighted by Gasteiger charge is -2.27. The number of fused-ring (bicyclic) bond motifs is 1. The topological polar surface area (TPSA) is 78.1 Å². The van der Waals surface area contributed by atoms with Crippen LogP contribution in [0.15, 0.2) is 4.79 Å². The highest BCUT2D eigenvalue weighted by atomic mass is 35.5. The summed E-state index contributed by atoms with van der Waals surface area (Å²) in [6.45, 7) is 1.72. The summed E-state index contributed by atoms with van der Waals surface area (Å²) in [6, 6.07) is 0.697. The number of nitrogens with one attached hydrogen (secondary N) is 2. The van der Waals surface area contributed by atoms with Crippen molar-refractivity contribution in [2.45, 2.75) is 63.8 Å². The number of carbonyl (C=O) groups excluding carboxylic acids is 1. The molecule has 0 aliphatic heterocycles. The van der Waals surface area contributed by atoms with E-state index in [0.29, 0.717) is 6.04 Å². The van der Waals surface area contributed by atoms with E-state index in [9.17, 15) is 9.59 Å². The molecule has 2 aliphatic rings. The monoisotopic (exact) mass is 368 g/mol. The van der Waals surface area contributed by atoms with Crippen LogP contribution in [0.1, 0.15) is 55.3 Å². The number of aromatic amines is 1. The number of amides is 1. The summed E-state index contributed by atoms with van der Waals surface area (Å²) >= 11 is 0. The van der Waals surface area contributed by atoms with Gasteiger partial charge in [-0.2, -0.15) is 5.10 Å². The van der Waals surface area contributed by atoms with Gasteiger partial charge in [-0.05, 0) is 57.1 Å². The average molecular weight is 369 g/mol. The van der Waals surface area contributed by atoms with E-state index in [0.717, 1.165) is 62.0 Å². The Kier molecular flexibility index (Phi) is 7.44. The summed E-state index contributed by atoms with van der Waals surface area (Å²) in [5.74, 6) is 0.0750. The Hall–Kier alpha value is -1.40. The van der Waals surface area contributed by atoms with Gasteiger partial charge in [0.25, 0.3) is 5.56 Å². The van der Waals surface area contributed by atoms with Crippen LogP contribution in [-0.4, -0.2) is 47.2 Å². The van der Waals surface area contributed by atoms with Crippen molar-refractivity contribution >= 4 is 18.3 Å². The molecule has 0 saturated heterocycles. The number of halogens is 1.